The van der Waals surface area contributed by atoms with Crippen LogP contribution in [-0.4, -0.2) is 9.97 Å². The summed E-state index contributed by atoms with van der Waals surface area (Å²) in [6.45, 7) is 0. The van der Waals surface area contributed by atoms with Gasteiger partial charge in [-0.3, -0.25) is 0 Å². The highest BCUT2D eigenvalue weighted by Crippen LogP contribution is 2.16. The molecule has 0 aliphatic heterocycles. The second kappa shape index (κ2) is 2.72. The average Bonchev–Trinajstić information content (AvgIpc) is 2.57. The molecule has 1 aromatic carbocycles. The van der Waals surface area contributed by atoms with Crippen molar-refractivity contribution in [1.82, 2.24) is 9.97 Å². The summed E-state index contributed by atoms with van der Waals surface area (Å²) < 4.78 is 2.00. The molecule has 3 rings (SSSR count). The number of nitrogens with zero attached hydrogens (tertiary/aromatic N) is 3. The molecule has 4 heteroatoms. The second-order valence-corrected chi connectivity index (χ2v) is 4.01. The number of aryl methyl sites for hydroxylation is 1. The lowest BCUT2D eigenvalue weighted by Gasteiger charge is -1.89. The Labute approximate surface area is 84.7 Å². The first kappa shape index (κ1) is 7.82. The molecule has 0 fully saturated rings. The van der Waals surface area contributed by atoms with E-state index in [1.54, 1.807) is 11.3 Å². The minimum absolute atomic E-state index is 0.953. The van der Waals surface area contributed by atoms with Gasteiger partial charge in [0.15, 0.2) is 0 Å². The van der Waals surface area contributed by atoms with Crippen LogP contribution in [0.2, 0.25) is 0 Å². The minimum Gasteiger partial charge on any atom is -0.225 e. The van der Waals surface area contributed by atoms with Gasteiger partial charge in [0.1, 0.15) is 11.0 Å². The highest BCUT2D eigenvalue weighted by molar-refractivity contribution is 7.15. The van der Waals surface area contributed by atoms with E-state index in [1.807, 2.05) is 41.4 Å². The van der Waals surface area contributed by atoms with Crippen molar-refractivity contribution in [3.63, 3.8) is 0 Å². The summed E-state index contributed by atoms with van der Waals surface area (Å²) in [5.41, 5.74) is 4.88. The van der Waals surface area contributed by atoms with Gasteiger partial charge in [-0.15, -0.1) is 0 Å². The van der Waals surface area contributed by atoms with Gasteiger partial charge in [-0.2, -0.15) is 0 Å². The van der Waals surface area contributed by atoms with E-state index >= 15 is 0 Å². The van der Waals surface area contributed by atoms with Crippen molar-refractivity contribution in [3.05, 3.63) is 29.8 Å². The normalized spacial score (nSPS) is 11.2. The maximum absolute atomic E-state index is 4.55. The minimum atomic E-state index is 0.953. The Morgan fingerprint density at radius 3 is 2.64 bits per heavy atom. The molecule has 0 spiro atoms. The molecular weight excluding hydrogens is 194 g/mol. The van der Waals surface area contributed by atoms with Crippen LogP contribution < -0.4 is 4.57 Å². The van der Waals surface area contributed by atoms with Gasteiger partial charge in [-0.1, -0.05) is 23.5 Å². The summed E-state index contributed by atoms with van der Waals surface area (Å²) in [7, 11) is 1.99. The van der Waals surface area contributed by atoms with E-state index < -0.39 is 0 Å². The largest absolute Gasteiger partial charge is 0.360 e. The highest BCUT2D eigenvalue weighted by atomic mass is 32.1. The molecule has 0 amide bonds. The Morgan fingerprint density at radius 2 is 1.86 bits per heavy atom. The van der Waals surface area contributed by atoms with Gasteiger partial charge in [-0.05, 0) is 17.1 Å². The molecule has 0 aliphatic rings. The van der Waals surface area contributed by atoms with Crippen LogP contribution in [0.1, 0.15) is 0 Å². The summed E-state index contributed by atoms with van der Waals surface area (Å²) in [4.78, 5) is 10.1. The van der Waals surface area contributed by atoms with Crippen LogP contribution in [0.5, 0.6) is 0 Å². The Bertz CT molecular complexity index is 615. The molecule has 0 unspecified atom stereocenters. The molecule has 0 N–H and O–H groups in total. The van der Waals surface area contributed by atoms with Gasteiger partial charge in [0.25, 0.3) is 0 Å². The molecule has 3 nitrogen and oxygen atoms in total. The number of hydrogen-bond acceptors (Lipinski definition) is 3. The number of fused-ring (bicyclic) bond motifs is 2. The Hall–Kier alpha value is -1.55. The molecule has 68 valence electrons. The zero-order valence-corrected chi connectivity index (χ0v) is 8.45. The quantitative estimate of drug-likeness (QED) is 0.519. The van der Waals surface area contributed by atoms with E-state index in [4.69, 9.17) is 0 Å². The summed E-state index contributed by atoms with van der Waals surface area (Å²) >= 11 is 1.62. The van der Waals surface area contributed by atoms with E-state index in [9.17, 15) is 0 Å². The molecule has 3 aromatic rings. The van der Waals surface area contributed by atoms with E-state index in [1.165, 1.54) is 0 Å². The first-order valence-corrected chi connectivity index (χ1v) is 5.22. The van der Waals surface area contributed by atoms with Crippen molar-refractivity contribution in [2.75, 3.05) is 0 Å². The lowest BCUT2D eigenvalue weighted by Crippen LogP contribution is -2.25. The Kier molecular flexibility index (Phi) is 1.52. The fourth-order valence-electron chi connectivity index (χ4n) is 1.46. The molecule has 14 heavy (non-hydrogen) atoms. The van der Waals surface area contributed by atoms with Crippen molar-refractivity contribution >= 4 is 32.8 Å². The SMILES string of the molecule is C[n+]1csc2nc3ccccc3nc21. The van der Waals surface area contributed by atoms with Crippen LogP contribution in [0.4, 0.5) is 0 Å². The third kappa shape index (κ3) is 1.01. The average molecular weight is 202 g/mol. The van der Waals surface area contributed by atoms with Gasteiger partial charge in [0, 0.05) is 0 Å². The monoisotopic (exact) mass is 202 g/mol. The molecular formula is C10H8N3S+. The molecule has 2 heterocycles. The molecule has 0 aliphatic carbocycles. The molecule has 0 bridgehead atoms. The Balaban J connectivity index is 2.54. The van der Waals surface area contributed by atoms with E-state index in [2.05, 4.69) is 9.97 Å². The van der Waals surface area contributed by atoms with Gasteiger partial charge >= 0.3 is 5.65 Å². The van der Waals surface area contributed by atoms with Gasteiger partial charge in [0.05, 0.1) is 7.05 Å². The van der Waals surface area contributed by atoms with Crippen molar-refractivity contribution in [2.24, 2.45) is 7.05 Å². The maximum Gasteiger partial charge on any atom is 0.360 e. The van der Waals surface area contributed by atoms with Crippen molar-refractivity contribution in [3.8, 4) is 0 Å². The Morgan fingerprint density at radius 1 is 1.14 bits per heavy atom. The summed E-state index contributed by atoms with van der Waals surface area (Å²) in [5, 5.41) is 0. The molecule has 2 aromatic heterocycles. The fraction of sp³-hybridized carbons (Fsp3) is 0.100. The fourth-order valence-corrected chi connectivity index (χ4v) is 2.27. The molecule has 0 atom stereocenters. The number of thiazole rings is 1. The zero-order valence-electron chi connectivity index (χ0n) is 7.64. The van der Waals surface area contributed by atoms with E-state index in [0.717, 1.165) is 21.5 Å². The van der Waals surface area contributed by atoms with Crippen molar-refractivity contribution in [1.29, 1.82) is 0 Å². The smallest absolute Gasteiger partial charge is 0.225 e. The van der Waals surface area contributed by atoms with E-state index in [-0.39, 0.29) is 0 Å². The number of hydrogen-bond donors (Lipinski definition) is 0. The van der Waals surface area contributed by atoms with Crippen LogP contribution in [0, 0.1) is 0 Å². The predicted octanol–water partition coefficient (Wildman–Crippen LogP) is 1.67. The molecule has 0 saturated heterocycles. The first-order chi connectivity index (χ1) is 6.84. The summed E-state index contributed by atoms with van der Waals surface area (Å²) in [6, 6.07) is 7.94. The lowest BCUT2D eigenvalue weighted by molar-refractivity contribution is -0.642. The molecule has 0 saturated carbocycles. The summed E-state index contributed by atoms with van der Waals surface area (Å²) in [6.07, 6.45) is 0. The van der Waals surface area contributed by atoms with Crippen molar-refractivity contribution in [2.45, 2.75) is 0 Å². The highest BCUT2D eigenvalue weighted by Gasteiger charge is 2.12. The van der Waals surface area contributed by atoms with Crippen LogP contribution in [-0.2, 0) is 7.05 Å². The third-order valence-corrected chi connectivity index (χ3v) is 3.10. The summed E-state index contributed by atoms with van der Waals surface area (Å²) in [5.74, 6) is 0. The third-order valence-electron chi connectivity index (χ3n) is 2.18. The van der Waals surface area contributed by atoms with Crippen molar-refractivity contribution < 1.29 is 4.57 Å². The maximum atomic E-state index is 4.55. The lowest BCUT2D eigenvalue weighted by atomic mass is 10.3. The van der Waals surface area contributed by atoms with Gasteiger partial charge < -0.3 is 0 Å². The number of aromatic nitrogens is 3. The second-order valence-electron chi connectivity index (χ2n) is 3.18. The van der Waals surface area contributed by atoms with Crippen LogP contribution in [0.25, 0.3) is 21.5 Å². The topological polar surface area (TPSA) is 29.7 Å². The standard InChI is InChI=1S/C10H8N3S/c1-13-6-14-10-9(13)11-7-4-2-3-5-8(7)12-10/h2-6H,1H3/q+1. The van der Waals surface area contributed by atoms with Gasteiger partial charge in [0.2, 0.25) is 10.3 Å². The number of para-hydroxylation sites is 2. The van der Waals surface area contributed by atoms with Crippen LogP contribution >= 0.6 is 11.3 Å². The van der Waals surface area contributed by atoms with Crippen LogP contribution in [0.15, 0.2) is 29.8 Å². The van der Waals surface area contributed by atoms with Gasteiger partial charge in [-0.25, -0.2) is 9.55 Å². The zero-order chi connectivity index (χ0) is 9.54. The van der Waals surface area contributed by atoms with E-state index in [0.29, 0.717) is 0 Å². The predicted molar refractivity (Wildman–Crippen MR) is 56.1 cm³/mol. The number of benzene rings is 1. The molecule has 0 radical (unpaired) electrons. The van der Waals surface area contributed by atoms with Crippen LogP contribution in [0.3, 0.4) is 0 Å². The number of rotatable bonds is 0. The first-order valence-electron chi connectivity index (χ1n) is 4.34.